The van der Waals surface area contributed by atoms with Crippen LogP contribution in [0.4, 0.5) is 0 Å². The van der Waals surface area contributed by atoms with Gasteiger partial charge in [-0.05, 0) is 25.8 Å². The first kappa shape index (κ1) is 12.4. The summed E-state index contributed by atoms with van der Waals surface area (Å²) in [7, 11) is 0. The first-order valence-electron chi connectivity index (χ1n) is 5.44. The largest absolute Gasteiger partial charge is 0.396 e. The lowest BCUT2D eigenvalue weighted by atomic mass is 9.97. The van der Waals surface area contributed by atoms with Crippen LogP contribution in [0.3, 0.4) is 0 Å². The van der Waals surface area contributed by atoms with E-state index in [-0.39, 0.29) is 18.4 Å². The Morgan fingerprint density at radius 2 is 2.33 bits per heavy atom. The lowest BCUT2D eigenvalue weighted by molar-refractivity contribution is -0.123. The maximum absolute atomic E-state index is 11.0. The normalized spacial score (nSPS) is 25.1. The molecule has 0 radical (unpaired) electrons. The highest BCUT2D eigenvalue weighted by molar-refractivity contribution is 5.76. The Labute approximate surface area is 89.9 Å². The highest BCUT2D eigenvalue weighted by Crippen LogP contribution is 2.16. The van der Waals surface area contributed by atoms with E-state index in [4.69, 9.17) is 10.8 Å². The number of β-amino-alcohol motifs (C(OH)–C–C–N with tert-alkyl or cyclic N) is 1. The van der Waals surface area contributed by atoms with Crippen molar-refractivity contribution in [2.24, 2.45) is 11.7 Å². The van der Waals surface area contributed by atoms with E-state index in [9.17, 15) is 9.90 Å². The number of piperidine rings is 1. The highest BCUT2D eigenvalue weighted by atomic mass is 16.3. The lowest BCUT2D eigenvalue weighted by Crippen LogP contribution is -2.44. The predicted molar refractivity (Wildman–Crippen MR) is 56.1 cm³/mol. The third-order valence-electron chi connectivity index (χ3n) is 2.84. The van der Waals surface area contributed by atoms with Crippen molar-refractivity contribution in [3.63, 3.8) is 0 Å². The van der Waals surface area contributed by atoms with Crippen molar-refractivity contribution < 1.29 is 15.0 Å². The van der Waals surface area contributed by atoms with E-state index in [1.165, 1.54) is 0 Å². The van der Waals surface area contributed by atoms with Crippen LogP contribution in [0.2, 0.25) is 0 Å². The predicted octanol–water partition coefficient (Wildman–Crippen LogP) is -1.07. The van der Waals surface area contributed by atoms with Crippen LogP contribution < -0.4 is 5.73 Å². The van der Waals surface area contributed by atoms with Crippen LogP contribution in [0.25, 0.3) is 0 Å². The zero-order valence-corrected chi connectivity index (χ0v) is 8.93. The summed E-state index contributed by atoms with van der Waals surface area (Å²) in [5, 5.41) is 18.2. The first-order valence-corrected chi connectivity index (χ1v) is 5.44. The van der Waals surface area contributed by atoms with Gasteiger partial charge in [-0.2, -0.15) is 0 Å². The van der Waals surface area contributed by atoms with Gasteiger partial charge >= 0.3 is 0 Å². The number of primary amides is 1. The molecule has 0 spiro atoms. The van der Waals surface area contributed by atoms with Gasteiger partial charge in [-0.3, -0.25) is 9.69 Å². The van der Waals surface area contributed by atoms with Gasteiger partial charge in [0.2, 0.25) is 5.91 Å². The first-order chi connectivity index (χ1) is 7.13. The number of carbonyl (C=O) groups excluding carboxylic acids is 1. The molecular formula is C10H20N2O3. The average molecular weight is 216 g/mol. The maximum atomic E-state index is 11.0. The van der Waals surface area contributed by atoms with Crippen molar-refractivity contribution in [1.29, 1.82) is 0 Å². The van der Waals surface area contributed by atoms with Crippen LogP contribution in [-0.2, 0) is 4.79 Å². The quantitative estimate of drug-likeness (QED) is 0.546. The third kappa shape index (κ3) is 4.15. The Kier molecular flexibility index (Phi) is 5.01. The molecule has 1 amide bonds. The molecule has 4 N–H and O–H groups in total. The summed E-state index contributed by atoms with van der Waals surface area (Å²) in [6, 6.07) is 0. The minimum Gasteiger partial charge on any atom is -0.396 e. The van der Waals surface area contributed by atoms with Gasteiger partial charge in [-0.1, -0.05) is 0 Å². The lowest BCUT2D eigenvalue weighted by Gasteiger charge is -2.32. The van der Waals surface area contributed by atoms with Crippen molar-refractivity contribution in [2.75, 3.05) is 26.2 Å². The van der Waals surface area contributed by atoms with Gasteiger partial charge in [-0.25, -0.2) is 0 Å². The number of rotatable bonds is 5. The third-order valence-corrected chi connectivity index (χ3v) is 2.84. The van der Waals surface area contributed by atoms with Crippen LogP contribution in [-0.4, -0.2) is 53.4 Å². The number of aliphatic hydroxyl groups is 2. The van der Waals surface area contributed by atoms with Gasteiger partial charge in [-0.15, -0.1) is 0 Å². The van der Waals surface area contributed by atoms with Gasteiger partial charge in [0, 0.05) is 19.7 Å². The van der Waals surface area contributed by atoms with Crippen molar-refractivity contribution in [1.82, 2.24) is 4.90 Å². The summed E-state index contributed by atoms with van der Waals surface area (Å²) in [4.78, 5) is 13.0. The van der Waals surface area contributed by atoms with E-state index in [0.717, 1.165) is 19.4 Å². The standard InChI is InChI=1S/C10H20N2O3/c11-10(15)8-2-1-4-12(6-8)7-9(14)3-5-13/h8-9,13-14H,1-7H2,(H2,11,15). The molecule has 1 saturated heterocycles. The number of carbonyl (C=O) groups is 1. The summed E-state index contributed by atoms with van der Waals surface area (Å²) in [5.74, 6) is -0.337. The molecule has 0 aromatic heterocycles. The van der Waals surface area contributed by atoms with Crippen LogP contribution >= 0.6 is 0 Å². The number of aliphatic hydroxyl groups excluding tert-OH is 2. The number of likely N-dealkylation sites (tertiary alicyclic amines) is 1. The van der Waals surface area contributed by atoms with E-state index in [1.54, 1.807) is 0 Å². The topological polar surface area (TPSA) is 86.8 Å². The molecule has 0 aliphatic carbocycles. The molecule has 5 heteroatoms. The Hall–Kier alpha value is -0.650. The van der Waals surface area contributed by atoms with Gasteiger partial charge < -0.3 is 15.9 Å². The molecule has 2 unspecified atom stereocenters. The summed E-state index contributed by atoms with van der Waals surface area (Å²) < 4.78 is 0. The zero-order valence-electron chi connectivity index (χ0n) is 8.93. The van der Waals surface area contributed by atoms with Gasteiger partial charge in [0.05, 0.1) is 12.0 Å². The molecule has 0 aromatic rings. The van der Waals surface area contributed by atoms with Crippen molar-refractivity contribution in [3.8, 4) is 0 Å². The van der Waals surface area contributed by atoms with Gasteiger partial charge in [0.25, 0.3) is 0 Å². The molecule has 1 aliphatic heterocycles. The highest BCUT2D eigenvalue weighted by Gasteiger charge is 2.24. The van der Waals surface area contributed by atoms with E-state index < -0.39 is 6.10 Å². The second-order valence-electron chi connectivity index (χ2n) is 4.17. The van der Waals surface area contributed by atoms with Gasteiger partial charge in [0.1, 0.15) is 0 Å². The number of hydrogen-bond donors (Lipinski definition) is 3. The number of hydrogen-bond acceptors (Lipinski definition) is 4. The maximum Gasteiger partial charge on any atom is 0.221 e. The molecule has 1 fully saturated rings. The molecule has 88 valence electrons. The minimum atomic E-state index is -0.512. The molecule has 1 rings (SSSR count). The molecular weight excluding hydrogens is 196 g/mol. The Bertz CT molecular complexity index is 211. The van der Waals surface area contributed by atoms with Crippen LogP contribution in [0.5, 0.6) is 0 Å². The molecule has 2 atom stereocenters. The number of nitrogens with zero attached hydrogens (tertiary/aromatic N) is 1. The molecule has 0 bridgehead atoms. The molecule has 5 nitrogen and oxygen atoms in total. The smallest absolute Gasteiger partial charge is 0.221 e. The monoisotopic (exact) mass is 216 g/mol. The SMILES string of the molecule is NC(=O)C1CCCN(CC(O)CCO)C1. The zero-order chi connectivity index (χ0) is 11.3. The van der Waals surface area contributed by atoms with Crippen molar-refractivity contribution in [3.05, 3.63) is 0 Å². The van der Waals surface area contributed by atoms with E-state index >= 15 is 0 Å². The fourth-order valence-corrected chi connectivity index (χ4v) is 1.99. The van der Waals surface area contributed by atoms with Crippen LogP contribution in [0, 0.1) is 5.92 Å². The number of amides is 1. The fraction of sp³-hybridized carbons (Fsp3) is 0.900. The second kappa shape index (κ2) is 6.05. The van der Waals surface area contributed by atoms with Crippen LogP contribution in [0.1, 0.15) is 19.3 Å². The van der Waals surface area contributed by atoms with E-state index in [2.05, 4.69) is 0 Å². The summed E-state index contributed by atoms with van der Waals surface area (Å²) in [6.45, 7) is 2.04. The minimum absolute atomic E-state index is 0.00570. The Balaban J connectivity index is 2.32. The summed E-state index contributed by atoms with van der Waals surface area (Å²) >= 11 is 0. The van der Waals surface area contributed by atoms with Crippen molar-refractivity contribution in [2.45, 2.75) is 25.4 Å². The van der Waals surface area contributed by atoms with Gasteiger partial charge in [0.15, 0.2) is 0 Å². The molecule has 15 heavy (non-hydrogen) atoms. The van der Waals surface area contributed by atoms with E-state index in [0.29, 0.717) is 19.5 Å². The van der Waals surface area contributed by atoms with Crippen molar-refractivity contribution >= 4 is 5.91 Å². The average Bonchev–Trinajstić information content (AvgIpc) is 2.18. The molecule has 1 heterocycles. The second-order valence-corrected chi connectivity index (χ2v) is 4.17. The van der Waals surface area contributed by atoms with E-state index in [1.807, 2.05) is 4.90 Å². The summed E-state index contributed by atoms with van der Waals surface area (Å²) in [5.41, 5.74) is 5.25. The molecule has 0 aromatic carbocycles. The Morgan fingerprint density at radius 3 is 2.93 bits per heavy atom. The summed E-state index contributed by atoms with van der Waals surface area (Å²) in [6.07, 6.45) is 1.67. The molecule has 1 aliphatic rings. The van der Waals surface area contributed by atoms with Crippen LogP contribution in [0.15, 0.2) is 0 Å². The molecule has 0 saturated carbocycles. The fourth-order valence-electron chi connectivity index (χ4n) is 1.99. The Morgan fingerprint density at radius 1 is 1.60 bits per heavy atom. The number of nitrogens with two attached hydrogens (primary N) is 1.